The molecule has 3 heterocycles. The van der Waals surface area contributed by atoms with Gasteiger partial charge in [0.25, 0.3) is 0 Å². The van der Waals surface area contributed by atoms with Gasteiger partial charge >= 0.3 is 0 Å². The van der Waals surface area contributed by atoms with E-state index in [4.69, 9.17) is 24.4 Å². The Hall–Kier alpha value is -6.50. The number of benzene rings is 7. The van der Waals surface area contributed by atoms with Crippen molar-refractivity contribution in [1.29, 1.82) is 0 Å². The number of thiophene rings is 1. The van der Waals surface area contributed by atoms with E-state index < -0.39 is 0 Å². The Morgan fingerprint density at radius 3 is 1.90 bits per heavy atom. The fraction of sp³-hybridized carbons (Fsp3) is 0. The SMILES string of the molecule is c1ccc(-c2nc(-c3ccc4ccccc4c3)nc(-c3ccccc3-c3cccc4sc5cc6nc(-c7ccccc7)oc6cc5c34)n2)cc1. The van der Waals surface area contributed by atoms with Crippen molar-refractivity contribution >= 4 is 53.4 Å². The van der Waals surface area contributed by atoms with Crippen molar-refractivity contribution in [2.45, 2.75) is 0 Å². The second-order valence-corrected chi connectivity index (χ2v) is 13.3. The minimum atomic E-state index is 0.624. The number of hydrogen-bond acceptors (Lipinski definition) is 6. The molecule has 10 rings (SSSR count). The van der Waals surface area contributed by atoms with Gasteiger partial charge in [-0.15, -0.1) is 11.3 Å². The molecular formula is C44H26N4OS. The zero-order valence-electron chi connectivity index (χ0n) is 26.6. The van der Waals surface area contributed by atoms with Gasteiger partial charge in [0.1, 0.15) is 5.52 Å². The molecule has 0 saturated heterocycles. The Balaban J connectivity index is 1.17. The van der Waals surface area contributed by atoms with Crippen LogP contribution in [0.1, 0.15) is 0 Å². The molecule has 0 saturated carbocycles. The Bertz CT molecular complexity index is 2880. The van der Waals surface area contributed by atoms with Crippen molar-refractivity contribution < 1.29 is 4.42 Å². The van der Waals surface area contributed by atoms with Crippen LogP contribution in [0.15, 0.2) is 162 Å². The smallest absolute Gasteiger partial charge is 0.227 e. The molecule has 10 aromatic rings. The van der Waals surface area contributed by atoms with Gasteiger partial charge in [-0.1, -0.05) is 121 Å². The average Bonchev–Trinajstić information content (AvgIpc) is 3.78. The summed E-state index contributed by atoms with van der Waals surface area (Å²) in [5.74, 6) is 2.52. The van der Waals surface area contributed by atoms with Gasteiger partial charge in [0.15, 0.2) is 23.1 Å². The lowest BCUT2D eigenvalue weighted by molar-refractivity contribution is 0.620. The van der Waals surface area contributed by atoms with E-state index in [0.29, 0.717) is 23.4 Å². The molecule has 0 amide bonds. The molecule has 0 fully saturated rings. The first-order valence-corrected chi connectivity index (χ1v) is 17.3. The molecule has 7 aromatic carbocycles. The number of fused-ring (bicyclic) bond motifs is 5. The third-order valence-electron chi connectivity index (χ3n) is 9.16. The van der Waals surface area contributed by atoms with E-state index in [1.807, 2.05) is 60.7 Å². The van der Waals surface area contributed by atoms with Crippen LogP contribution >= 0.6 is 11.3 Å². The molecule has 0 N–H and O–H groups in total. The summed E-state index contributed by atoms with van der Waals surface area (Å²) in [6.07, 6.45) is 0. The Labute approximate surface area is 291 Å². The second kappa shape index (κ2) is 11.6. The first-order valence-electron chi connectivity index (χ1n) is 16.5. The molecule has 0 aliphatic carbocycles. The monoisotopic (exact) mass is 658 g/mol. The van der Waals surface area contributed by atoms with E-state index in [1.165, 1.54) is 15.5 Å². The van der Waals surface area contributed by atoms with Crippen LogP contribution in [0.5, 0.6) is 0 Å². The van der Waals surface area contributed by atoms with Gasteiger partial charge in [-0.2, -0.15) is 0 Å². The summed E-state index contributed by atoms with van der Waals surface area (Å²) in [4.78, 5) is 20.1. The Morgan fingerprint density at radius 2 is 1.08 bits per heavy atom. The molecule has 6 heteroatoms. The largest absolute Gasteiger partial charge is 0.436 e. The fourth-order valence-electron chi connectivity index (χ4n) is 6.76. The Morgan fingerprint density at radius 1 is 0.420 bits per heavy atom. The molecule has 0 radical (unpaired) electrons. The van der Waals surface area contributed by atoms with Crippen LogP contribution in [-0.4, -0.2) is 19.9 Å². The summed E-state index contributed by atoms with van der Waals surface area (Å²) in [5.41, 5.74) is 7.56. The highest BCUT2D eigenvalue weighted by Gasteiger charge is 2.20. The maximum absolute atomic E-state index is 6.32. The number of nitrogens with zero attached hydrogens (tertiary/aromatic N) is 4. The maximum atomic E-state index is 6.32. The van der Waals surface area contributed by atoms with E-state index in [2.05, 4.69) is 97.1 Å². The van der Waals surface area contributed by atoms with Gasteiger partial charge in [0.2, 0.25) is 5.89 Å². The highest BCUT2D eigenvalue weighted by molar-refractivity contribution is 7.26. The molecule has 0 spiro atoms. The van der Waals surface area contributed by atoms with E-state index in [1.54, 1.807) is 11.3 Å². The summed E-state index contributed by atoms with van der Waals surface area (Å²) in [6, 6.07) is 54.1. The molecule has 5 nitrogen and oxygen atoms in total. The van der Waals surface area contributed by atoms with Crippen molar-refractivity contribution in [2.24, 2.45) is 0 Å². The van der Waals surface area contributed by atoms with Gasteiger partial charge in [0, 0.05) is 42.4 Å². The van der Waals surface area contributed by atoms with Crippen molar-refractivity contribution in [2.75, 3.05) is 0 Å². The van der Waals surface area contributed by atoms with Crippen LogP contribution in [-0.2, 0) is 0 Å². The van der Waals surface area contributed by atoms with Crippen LogP contribution in [0.2, 0.25) is 0 Å². The third kappa shape index (κ3) is 4.85. The summed E-state index contributed by atoms with van der Waals surface area (Å²) in [6.45, 7) is 0. The molecular weight excluding hydrogens is 633 g/mol. The molecule has 234 valence electrons. The molecule has 0 unspecified atom stereocenters. The lowest BCUT2D eigenvalue weighted by atomic mass is 9.95. The number of rotatable bonds is 5. The summed E-state index contributed by atoms with van der Waals surface area (Å²) in [7, 11) is 0. The number of hydrogen-bond donors (Lipinski definition) is 0. The van der Waals surface area contributed by atoms with Crippen LogP contribution in [0.4, 0.5) is 0 Å². The van der Waals surface area contributed by atoms with Gasteiger partial charge < -0.3 is 4.42 Å². The molecule has 0 atom stereocenters. The predicted molar refractivity (Wildman–Crippen MR) is 205 cm³/mol. The van der Waals surface area contributed by atoms with Crippen molar-refractivity contribution in [3.8, 4) is 56.7 Å². The zero-order chi connectivity index (χ0) is 33.0. The minimum absolute atomic E-state index is 0.624. The van der Waals surface area contributed by atoms with E-state index in [9.17, 15) is 0 Å². The van der Waals surface area contributed by atoms with Crippen molar-refractivity contribution in [1.82, 2.24) is 19.9 Å². The van der Waals surface area contributed by atoms with E-state index >= 15 is 0 Å². The van der Waals surface area contributed by atoms with Crippen LogP contribution < -0.4 is 0 Å². The zero-order valence-corrected chi connectivity index (χ0v) is 27.4. The normalized spacial score (nSPS) is 11.6. The first kappa shape index (κ1) is 28.5. The summed E-state index contributed by atoms with van der Waals surface area (Å²) >= 11 is 1.77. The highest BCUT2D eigenvalue weighted by atomic mass is 32.1. The molecule has 0 aliphatic heterocycles. The van der Waals surface area contributed by atoms with Gasteiger partial charge in [-0.05, 0) is 58.3 Å². The van der Waals surface area contributed by atoms with Gasteiger partial charge in [-0.3, -0.25) is 0 Å². The lowest BCUT2D eigenvalue weighted by Gasteiger charge is -2.13. The third-order valence-corrected chi connectivity index (χ3v) is 10.3. The minimum Gasteiger partial charge on any atom is -0.436 e. The second-order valence-electron chi connectivity index (χ2n) is 12.3. The number of aromatic nitrogens is 4. The quantitative estimate of drug-likeness (QED) is 0.184. The molecule has 3 aromatic heterocycles. The standard InChI is InChI=1S/C44H26N4OS/c1-3-13-28(14-4-1)41-46-42(31-23-22-27-12-7-8-17-30(27)24-31)48-43(47-41)34-19-10-9-18-32(34)33-20-11-21-38-40(33)35-25-37-36(26-39(35)50-38)45-44(49-37)29-15-5-2-6-16-29/h1-26H. The van der Waals surface area contributed by atoms with Crippen LogP contribution in [0, 0.1) is 0 Å². The maximum Gasteiger partial charge on any atom is 0.227 e. The van der Waals surface area contributed by atoms with Gasteiger partial charge in [-0.25, -0.2) is 19.9 Å². The van der Waals surface area contributed by atoms with Gasteiger partial charge in [0.05, 0.1) is 0 Å². The molecule has 50 heavy (non-hydrogen) atoms. The van der Waals surface area contributed by atoms with Crippen molar-refractivity contribution in [3.63, 3.8) is 0 Å². The molecule has 0 bridgehead atoms. The Kier molecular flexibility index (Phi) is 6.60. The highest BCUT2D eigenvalue weighted by Crippen LogP contribution is 2.44. The van der Waals surface area contributed by atoms with Crippen LogP contribution in [0.25, 0.3) is 98.8 Å². The fourth-order valence-corrected chi connectivity index (χ4v) is 7.91. The summed E-state index contributed by atoms with van der Waals surface area (Å²) in [5, 5.41) is 4.62. The van der Waals surface area contributed by atoms with Crippen molar-refractivity contribution in [3.05, 3.63) is 158 Å². The predicted octanol–water partition coefficient (Wildman–Crippen LogP) is 11.9. The van der Waals surface area contributed by atoms with E-state index in [-0.39, 0.29) is 0 Å². The topological polar surface area (TPSA) is 64.7 Å². The first-order chi connectivity index (χ1) is 24.7. The lowest BCUT2D eigenvalue weighted by Crippen LogP contribution is -2.01. The van der Waals surface area contributed by atoms with Crippen LogP contribution in [0.3, 0.4) is 0 Å². The average molecular weight is 659 g/mol. The van der Waals surface area contributed by atoms with E-state index in [0.717, 1.165) is 60.0 Å². The molecule has 0 aliphatic rings. The number of oxazole rings is 1. The summed E-state index contributed by atoms with van der Waals surface area (Å²) < 4.78 is 8.68.